The fraction of sp³-hybridized carbons (Fsp3) is 0.562. The number of halogens is 1. The Hall–Kier alpha value is -1.66. The van der Waals surface area contributed by atoms with Crippen LogP contribution in [0.25, 0.3) is 0 Å². The monoisotopic (exact) mass is 310 g/mol. The summed E-state index contributed by atoms with van der Waals surface area (Å²) in [5, 5.41) is 2.87. The molecule has 0 radical (unpaired) electrons. The van der Waals surface area contributed by atoms with Crippen molar-refractivity contribution >= 4 is 5.91 Å². The number of benzene rings is 1. The van der Waals surface area contributed by atoms with E-state index in [9.17, 15) is 9.18 Å². The Morgan fingerprint density at radius 2 is 2.09 bits per heavy atom. The minimum atomic E-state index is -0.460. The Morgan fingerprint density at radius 3 is 2.73 bits per heavy atom. The summed E-state index contributed by atoms with van der Waals surface area (Å²) in [4.78, 5) is 14.6. The maximum atomic E-state index is 13.4. The van der Waals surface area contributed by atoms with E-state index in [4.69, 9.17) is 9.47 Å². The van der Waals surface area contributed by atoms with E-state index in [-0.39, 0.29) is 17.0 Å². The number of nitrogens with one attached hydrogen (secondary N) is 1. The number of carbonyl (C=O) groups excluding carboxylic acids is 1. The third kappa shape index (κ3) is 3.96. The molecule has 22 heavy (non-hydrogen) atoms. The Morgan fingerprint density at radius 1 is 1.41 bits per heavy atom. The SMILES string of the molecule is COc1ccc(F)cc1C(=O)NCC(C)(C)N1CCOCC1. The molecule has 1 amide bonds. The fourth-order valence-corrected chi connectivity index (χ4v) is 2.53. The summed E-state index contributed by atoms with van der Waals surface area (Å²) in [7, 11) is 1.46. The predicted molar refractivity (Wildman–Crippen MR) is 81.8 cm³/mol. The number of amides is 1. The third-order valence-corrected chi connectivity index (χ3v) is 3.95. The maximum absolute atomic E-state index is 13.4. The Balaban J connectivity index is 2.01. The van der Waals surface area contributed by atoms with E-state index in [0.29, 0.717) is 25.5 Å². The van der Waals surface area contributed by atoms with Gasteiger partial charge in [-0.25, -0.2) is 4.39 Å². The second-order valence-corrected chi connectivity index (χ2v) is 5.94. The molecule has 0 aromatic heterocycles. The van der Waals surface area contributed by atoms with E-state index in [1.165, 1.54) is 25.3 Å². The summed E-state index contributed by atoms with van der Waals surface area (Å²) in [6.45, 7) is 7.69. The van der Waals surface area contributed by atoms with Crippen molar-refractivity contribution in [1.82, 2.24) is 10.2 Å². The van der Waals surface area contributed by atoms with Gasteiger partial charge in [0, 0.05) is 25.2 Å². The van der Waals surface area contributed by atoms with Gasteiger partial charge < -0.3 is 14.8 Å². The molecule has 0 spiro atoms. The van der Waals surface area contributed by atoms with Crippen LogP contribution in [0.2, 0.25) is 0 Å². The van der Waals surface area contributed by atoms with Crippen molar-refractivity contribution in [1.29, 1.82) is 0 Å². The molecule has 5 nitrogen and oxygen atoms in total. The Bertz CT molecular complexity index is 528. The lowest BCUT2D eigenvalue weighted by molar-refractivity contribution is -0.00924. The second kappa shape index (κ2) is 7.07. The van der Waals surface area contributed by atoms with Crippen molar-refractivity contribution in [2.45, 2.75) is 19.4 Å². The van der Waals surface area contributed by atoms with Gasteiger partial charge in [-0.3, -0.25) is 9.69 Å². The number of carbonyl (C=O) groups is 1. The molecule has 1 aliphatic rings. The van der Waals surface area contributed by atoms with Crippen molar-refractivity contribution in [2.24, 2.45) is 0 Å². The summed E-state index contributed by atoms with van der Waals surface area (Å²) in [5.74, 6) is -0.431. The smallest absolute Gasteiger partial charge is 0.255 e. The molecular formula is C16H23FN2O3. The number of rotatable bonds is 5. The average molecular weight is 310 g/mol. The number of hydrogen-bond donors (Lipinski definition) is 1. The molecule has 0 bridgehead atoms. The molecule has 122 valence electrons. The van der Waals surface area contributed by atoms with Crippen LogP contribution in [0, 0.1) is 5.82 Å². The molecule has 0 aliphatic carbocycles. The van der Waals surface area contributed by atoms with Crippen LogP contribution in [-0.4, -0.2) is 56.3 Å². The molecule has 1 N–H and O–H groups in total. The van der Waals surface area contributed by atoms with Crippen molar-refractivity contribution in [2.75, 3.05) is 40.0 Å². The van der Waals surface area contributed by atoms with Gasteiger partial charge in [-0.05, 0) is 32.0 Å². The van der Waals surface area contributed by atoms with Gasteiger partial charge in [-0.15, -0.1) is 0 Å². The van der Waals surface area contributed by atoms with Crippen LogP contribution in [0.3, 0.4) is 0 Å². The number of hydrogen-bond acceptors (Lipinski definition) is 4. The first-order valence-electron chi connectivity index (χ1n) is 7.38. The molecule has 0 unspecified atom stereocenters. The normalized spacial score (nSPS) is 16.4. The van der Waals surface area contributed by atoms with Crippen molar-refractivity contribution in [3.8, 4) is 5.75 Å². The van der Waals surface area contributed by atoms with E-state index in [0.717, 1.165) is 13.1 Å². The zero-order chi connectivity index (χ0) is 16.2. The lowest BCUT2D eigenvalue weighted by Gasteiger charge is -2.40. The van der Waals surface area contributed by atoms with Crippen molar-refractivity contribution in [3.05, 3.63) is 29.6 Å². The second-order valence-electron chi connectivity index (χ2n) is 5.94. The van der Waals surface area contributed by atoms with Gasteiger partial charge in [0.1, 0.15) is 11.6 Å². The van der Waals surface area contributed by atoms with Crippen LogP contribution in [0.5, 0.6) is 5.75 Å². The van der Waals surface area contributed by atoms with E-state index in [1.807, 2.05) is 0 Å². The summed E-state index contributed by atoms with van der Waals surface area (Å²) in [6, 6.07) is 3.92. The summed E-state index contributed by atoms with van der Waals surface area (Å²) >= 11 is 0. The van der Waals surface area contributed by atoms with E-state index in [1.54, 1.807) is 0 Å². The molecule has 1 aliphatic heterocycles. The first kappa shape index (κ1) is 16.7. The number of morpholine rings is 1. The van der Waals surface area contributed by atoms with Crippen LogP contribution < -0.4 is 10.1 Å². The van der Waals surface area contributed by atoms with E-state index >= 15 is 0 Å². The third-order valence-electron chi connectivity index (χ3n) is 3.95. The fourth-order valence-electron chi connectivity index (χ4n) is 2.53. The van der Waals surface area contributed by atoms with Gasteiger partial charge in [0.2, 0.25) is 0 Å². The Labute approximate surface area is 130 Å². The summed E-state index contributed by atoms with van der Waals surface area (Å²) < 4.78 is 23.8. The maximum Gasteiger partial charge on any atom is 0.255 e. The van der Waals surface area contributed by atoms with Crippen LogP contribution in [0.15, 0.2) is 18.2 Å². The molecule has 0 saturated carbocycles. The lowest BCUT2D eigenvalue weighted by Crippen LogP contribution is -2.55. The molecule has 1 saturated heterocycles. The first-order valence-corrected chi connectivity index (χ1v) is 7.38. The predicted octanol–water partition coefficient (Wildman–Crippen LogP) is 1.67. The van der Waals surface area contributed by atoms with E-state index in [2.05, 4.69) is 24.1 Å². The molecule has 1 aromatic rings. The van der Waals surface area contributed by atoms with Crippen LogP contribution in [-0.2, 0) is 4.74 Å². The molecule has 1 heterocycles. The van der Waals surface area contributed by atoms with Crippen molar-refractivity contribution in [3.63, 3.8) is 0 Å². The minimum Gasteiger partial charge on any atom is -0.496 e. The highest BCUT2D eigenvalue weighted by Gasteiger charge is 2.29. The highest BCUT2D eigenvalue weighted by molar-refractivity contribution is 5.97. The zero-order valence-corrected chi connectivity index (χ0v) is 13.3. The molecule has 1 fully saturated rings. The molecule has 0 atom stereocenters. The average Bonchev–Trinajstić information content (AvgIpc) is 2.53. The van der Waals surface area contributed by atoms with Gasteiger partial charge in [0.15, 0.2) is 0 Å². The summed E-state index contributed by atoms with van der Waals surface area (Å²) in [6.07, 6.45) is 0. The van der Waals surface area contributed by atoms with Crippen molar-refractivity contribution < 1.29 is 18.7 Å². The first-order chi connectivity index (χ1) is 10.4. The highest BCUT2D eigenvalue weighted by atomic mass is 19.1. The number of ether oxygens (including phenoxy) is 2. The minimum absolute atomic E-state index is 0.194. The van der Waals surface area contributed by atoms with Gasteiger partial charge in [-0.2, -0.15) is 0 Å². The molecular weight excluding hydrogens is 287 g/mol. The highest BCUT2D eigenvalue weighted by Crippen LogP contribution is 2.20. The number of nitrogens with zero attached hydrogens (tertiary/aromatic N) is 1. The van der Waals surface area contributed by atoms with Gasteiger partial charge in [0.25, 0.3) is 5.91 Å². The molecule has 6 heteroatoms. The van der Waals surface area contributed by atoms with E-state index < -0.39 is 5.82 Å². The van der Waals surface area contributed by atoms with Crippen LogP contribution >= 0.6 is 0 Å². The molecule has 2 rings (SSSR count). The van der Waals surface area contributed by atoms with Crippen LogP contribution in [0.1, 0.15) is 24.2 Å². The van der Waals surface area contributed by atoms with Gasteiger partial charge in [-0.1, -0.05) is 0 Å². The standard InChI is InChI=1S/C16H23FN2O3/c1-16(2,19-6-8-22-9-7-19)11-18-15(20)13-10-12(17)4-5-14(13)21-3/h4-5,10H,6-9,11H2,1-3H3,(H,18,20). The zero-order valence-electron chi connectivity index (χ0n) is 13.3. The molecule has 1 aromatic carbocycles. The Kier molecular flexibility index (Phi) is 5.37. The van der Waals surface area contributed by atoms with Gasteiger partial charge >= 0.3 is 0 Å². The summed E-state index contributed by atoms with van der Waals surface area (Å²) in [5.41, 5.74) is 0.0141. The quantitative estimate of drug-likeness (QED) is 0.899. The lowest BCUT2D eigenvalue weighted by atomic mass is 10.0. The van der Waals surface area contributed by atoms with Gasteiger partial charge in [0.05, 0.1) is 25.9 Å². The topological polar surface area (TPSA) is 50.8 Å². The van der Waals surface area contributed by atoms with Crippen LogP contribution in [0.4, 0.5) is 4.39 Å². The largest absolute Gasteiger partial charge is 0.496 e. The number of methoxy groups -OCH3 is 1.